The fourth-order valence-corrected chi connectivity index (χ4v) is 1.90. The predicted octanol–water partition coefficient (Wildman–Crippen LogP) is 2.38. The molecule has 0 aliphatic heterocycles. The van der Waals surface area contributed by atoms with Crippen LogP contribution in [0.5, 0.6) is 0 Å². The van der Waals surface area contributed by atoms with Gasteiger partial charge in [0.25, 0.3) is 0 Å². The van der Waals surface area contributed by atoms with Crippen molar-refractivity contribution in [3.8, 4) is 0 Å². The lowest BCUT2D eigenvalue weighted by Crippen LogP contribution is -2.46. The second-order valence-electron chi connectivity index (χ2n) is 6.13. The van der Waals surface area contributed by atoms with Gasteiger partial charge in [0.05, 0.1) is 0 Å². The van der Waals surface area contributed by atoms with Crippen LogP contribution in [0.1, 0.15) is 34.6 Å². The van der Waals surface area contributed by atoms with Crippen LogP contribution in [0, 0.1) is 11.8 Å². The minimum Gasteiger partial charge on any atom is -0.344 e. The van der Waals surface area contributed by atoms with E-state index >= 15 is 0 Å². The first-order valence-electron chi connectivity index (χ1n) is 7.69. The summed E-state index contributed by atoms with van der Waals surface area (Å²) in [4.78, 5) is 35.1. The number of carbonyl (C=O) groups excluding carboxylic acids is 3. The zero-order valence-corrected chi connectivity index (χ0v) is 14.3. The zero-order chi connectivity index (χ0) is 17.6. The Morgan fingerprint density at radius 2 is 1.26 bits per heavy atom. The molecule has 1 unspecified atom stereocenters. The maximum Gasteiger partial charge on any atom is 0.247 e. The average molecular weight is 319 g/mol. The molecule has 3 amide bonds. The van der Waals surface area contributed by atoms with E-state index in [1.165, 1.54) is 6.92 Å². The fraction of sp³-hybridized carbons (Fsp3) is 0.471. The highest BCUT2D eigenvalue weighted by molar-refractivity contribution is 5.97. The van der Waals surface area contributed by atoms with Crippen molar-refractivity contribution in [2.45, 2.75) is 40.7 Å². The molecule has 3 N–H and O–H groups in total. The van der Waals surface area contributed by atoms with Crippen LogP contribution in [-0.4, -0.2) is 23.8 Å². The minimum atomic E-state index is -0.590. The van der Waals surface area contributed by atoms with Crippen LogP contribution in [0.25, 0.3) is 0 Å². The predicted molar refractivity (Wildman–Crippen MR) is 91.0 cm³/mol. The van der Waals surface area contributed by atoms with Gasteiger partial charge >= 0.3 is 0 Å². The van der Waals surface area contributed by atoms with Crippen LogP contribution in [0.4, 0.5) is 11.4 Å². The maximum atomic E-state index is 12.2. The first-order valence-corrected chi connectivity index (χ1v) is 7.69. The number of hydrogen-bond acceptors (Lipinski definition) is 3. The van der Waals surface area contributed by atoms with Crippen LogP contribution in [-0.2, 0) is 14.4 Å². The molecule has 0 aliphatic rings. The quantitative estimate of drug-likeness (QED) is 0.752. The van der Waals surface area contributed by atoms with E-state index in [2.05, 4.69) is 16.0 Å². The number of carbonyl (C=O) groups is 3. The van der Waals surface area contributed by atoms with Crippen molar-refractivity contribution in [2.75, 3.05) is 10.6 Å². The molecule has 0 heterocycles. The van der Waals surface area contributed by atoms with E-state index in [0.717, 1.165) is 0 Å². The van der Waals surface area contributed by atoms with E-state index in [-0.39, 0.29) is 29.6 Å². The molecular formula is C17H25N3O3. The Morgan fingerprint density at radius 1 is 0.826 bits per heavy atom. The van der Waals surface area contributed by atoms with Crippen LogP contribution in [0.15, 0.2) is 24.3 Å². The summed E-state index contributed by atoms with van der Waals surface area (Å²) in [5.74, 6) is -0.700. The first kappa shape index (κ1) is 18.7. The van der Waals surface area contributed by atoms with Gasteiger partial charge in [-0.15, -0.1) is 0 Å². The summed E-state index contributed by atoms with van der Waals surface area (Å²) < 4.78 is 0. The molecule has 1 atom stereocenters. The van der Waals surface area contributed by atoms with Gasteiger partial charge in [0.1, 0.15) is 6.04 Å². The fourth-order valence-electron chi connectivity index (χ4n) is 1.90. The van der Waals surface area contributed by atoms with Gasteiger partial charge in [-0.25, -0.2) is 0 Å². The highest BCUT2D eigenvalue weighted by atomic mass is 16.2. The Hall–Kier alpha value is -2.37. The molecule has 0 saturated carbocycles. The van der Waals surface area contributed by atoms with Crippen molar-refractivity contribution in [1.29, 1.82) is 0 Å². The van der Waals surface area contributed by atoms with Gasteiger partial charge < -0.3 is 16.0 Å². The third-order valence-corrected chi connectivity index (χ3v) is 3.25. The molecule has 0 bridgehead atoms. The van der Waals surface area contributed by atoms with Gasteiger partial charge in [-0.2, -0.15) is 0 Å². The van der Waals surface area contributed by atoms with Gasteiger partial charge in [0.15, 0.2) is 0 Å². The Balaban J connectivity index is 2.71. The number of anilines is 2. The lowest BCUT2D eigenvalue weighted by atomic mass is 10.0. The van der Waals surface area contributed by atoms with Crippen molar-refractivity contribution in [2.24, 2.45) is 11.8 Å². The largest absolute Gasteiger partial charge is 0.344 e. The molecule has 6 nitrogen and oxygen atoms in total. The summed E-state index contributed by atoms with van der Waals surface area (Å²) in [6.07, 6.45) is 0. The Bertz CT molecular complexity index is 565. The molecule has 0 saturated heterocycles. The highest BCUT2D eigenvalue weighted by Crippen LogP contribution is 2.15. The van der Waals surface area contributed by atoms with E-state index in [1.54, 1.807) is 24.3 Å². The van der Waals surface area contributed by atoms with Crippen molar-refractivity contribution >= 4 is 29.1 Å². The Kier molecular flexibility index (Phi) is 6.75. The Morgan fingerprint density at radius 3 is 1.61 bits per heavy atom. The maximum absolute atomic E-state index is 12.2. The third kappa shape index (κ3) is 6.10. The molecule has 126 valence electrons. The first-order chi connectivity index (χ1) is 10.7. The second-order valence-corrected chi connectivity index (χ2v) is 6.13. The summed E-state index contributed by atoms with van der Waals surface area (Å²) in [7, 11) is 0. The third-order valence-electron chi connectivity index (χ3n) is 3.25. The van der Waals surface area contributed by atoms with E-state index in [1.807, 2.05) is 27.7 Å². The molecule has 0 fully saturated rings. The van der Waals surface area contributed by atoms with E-state index in [4.69, 9.17) is 0 Å². The molecule has 0 spiro atoms. The van der Waals surface area contributed by atoms with Crippen LogP contribution in [0.3, 0.4) is 0 Å². The SMILES string of the molecule is CC(=O)NC(C(=O)Nc1ccc(NC(=O)C(C)C)cc1)C(C)C. The summed E-state index contributed by atoms with van der Waals surface area (Å²) in [5, 5.41) is 8.19. The molecule has 0 aromatic heterocycles. The molecule has 0 aliphatic carbocycles. The molecule has 23 heavy (non-hydrogen) atoms. The number of rotatable bonds is 6. The van der Waals surface area contributed by atoms with Crippen molar-refractivity contribution < 1.29 is 14.4 Å². The van der Waals surface area contributed by atoms with Gasteiger partial charge in [-0.05, 0) is 30.2 Å². The smallest absolute Gasteiger partial charge is 0.247 e. The van der Waals surface area contributed by atoms with Gasteiger partial charge in [-0.1, -0.05) is 27.7 Å². The minimum absolute atomic E-state index is 0.0245. The zero-order valence-electron chi connectivity index (χ0n) is 14.3. The second kappa shape index (κ2) is 8.31. The van der Waals surface area contributed by atoms with Crippen molar-refractivity contribution in [1.82, 2.24) is 5.32 Å². The summed E-state index contributed by atoms with van der Waals surface area (Å²) in [6.45, 7) is 8.75. The van der Waals surface area contributed by atoms with Crippen LogP contribution >= 0.6 is 0 Å². The van der Waals surface area contributed by atoms with E-state index < -0.39 is 6.04 Å². The molecule has 1 aromatic rings. The number of amides is 3. The molecular weight excluding hydrogens is 294 g/mol. The summed E-state index contributed by atoms with van der Waals surface area (Å²) in [6, 6.07) is 6.27. The van der Waals surface area contributed by atoms with Gasteiger partial charge in [0.2, 0.25) is 17.7 Å². The highest BCUT2D eigenvalue weighted by Gasteiger charge is 2.22. The monoisotopic (exact) mass is 319 g/mol. The summed E-state index contributed by atoms with van der Waals surface area (Å²) >= 11 is 0. The normalized spacial score (nSPS) is 12.0. The molecule has 1 rings (SSSR count). The van der Waals surface area contributed by atoms with E-state index in [9.17, 15) is 14.4 Å². The number of benzene rings is 1. The molecule has 1 aromatic carbocycles. The average Bonchev–Trinajstić information content (AvgIpc) is 2.46. The number of hydrogen-bond donors (Lipinski definition) is 3. The standard InChI is InChI=1S/C17H25N3O3/c1-10(2)15(18-12(5)21)17(23)20-14-8-6-13(7-9-14)19-16(22)11(3)4/h6-11,15H,1-5H3,(H,18,21)(H,19,22)(H,20,23). The van der Waals surface area contributed by atoms with Crippen LogP contribution in [0.2, 0.25) is 0 Å². The topological polar surface area (TPSA) is 87.3 Å². The summed E-state index contributed by atoms with van der Waals surface area (Å²) in [5.41, 5.74) is 1.28. The molecule has 0 radical (unpaired) electrons. The van der Waals surface area contributed by atoms with Gasteiger partial charge in [0, 0.05) is 24.2 Å². The van der Waals surface area contributed by atoms with Gasteiger partial charge in [-0.3, -0.25) is 14.4 Å². The van der Waals surface area contributed by atoms with Crippen LogP contribution < -0.4 is 16.0 Å². The van der Waals surface area contributed by atoms with Crippen molar-refractivity contribution in [3.63, 3.8) is 0 Å². The number of nitrogens with one attached hydrogen (secondary N) is 3. The lowest BCUT2D eigenvalue weighted by molar-refractivity contribution is -0.126. The Labute approximate surface area is 137 Å². The van der Waals surface area contributed by atoms with Crippen molar-refractivity contribution in [3.05, 3.63) is 24.3 Å². The lowest BCUT2D eigenvalue weighted by Gasteiger charge is -2.21. The van der Waals surface area contributed by atoms with E-state index in [0.29, 0.717) is 11.4 Å². The molecule has 6 heteroatoms.